The van der Waals surface area contributed by atoms with Crippen LogP contribution in [0.25, 0.3) is 0 Å². The van der Waals surface area contributed by atoms with Crippen molar-refractivity contribution in [3.05, 3.63) is 0 Å². The van der Waals surface area contributed by atoms with Gasteiger partial charge in [0.1, 0.15) is 0 Å². The molecule has 0 amide bonds. The molecule has 1 spiro atoms. The minimum atomic E-state index is 0.600. The van der Waals surface area contributed by atoms with E-state index in [1.165, 1.54) is 32.5 Å². The Kier molecular flexibility index (Phi) is 1.92. The Hall–Kier alpha value is -0.0800. The van der Waals surface area contributed by atoms with Crippen LogP contribution < -0.4 is 0 Å². The van der Waals surface area contributed by atoms with Crippen molar-refractivity contribution in [2.24, 2.45) is 0 Å². The fourth-order valence-electron chi connectivity index (χ4n) is 2.22. The quantitative estimate of drug-likeness (QED) is 0.580. The number of likely N-dealkylation sites (N-methyl/N-ethyl adjacent to an activating group) is 1. The topological polar surface area (TPSA) is 6.48 Å². The summed E-state index contributed by atoms with van der Waals surface area (Å²) in [4.78, 5) is 5.18. The smallest absolute Gasteiger partial charge is 0.0335 e. The highest BCUT2D eigenvalue weighted by Crippen LogP contribution is 2.43. The van der Waals surface area contributed by atoms with E-state index in [1.54, 1.807) is 0 Å². The Bertz CT molecular complexity index is 173. The van der Waals surface area contributed by atoms with Crippen LogP contribution in [0.4, 0.5) is 0 Å². The number of piperazine rings is 1. The van der Waals surface area contributed by atoms with Gasteiger partial charge in [-0.3, -0.25) is 9.80 Å². The second kappa shape index (κ2) is 2.71. The van der Waals surface area contributed by atoms with E-state index in [1.807, 2.05) is 0 Å². The van der Waals surface area contributed by atoms with Crippen LogP contribution in [0.15, 0.2) is 0 Å². The lowest BCUT2D eigenvalue weighted by atomic mass is 10.1. The van der Waals surface area contributed by atoms with E-state index in [9.17, 15) is 0 Å². The molecule has 2 rings (SSSR count). The predicted octanol–water partition coefficient (Wildman–Crippen LogP) is 1.17. The summed E-state index contributed by atoms with van der Waals surface area (Å²) in [6, 6.07) is 0.733. The Labute approximate surface area is 75.5 Å². The summed E-state index contributed by atoms with van der Waals surface area (Å²) >= 11 is 0. The lowest BCUT2D eigenvalue weighted by molar-refractivity contribution is 0.0610. The molecule has 1 saturated heterocycles. The molecule has 0 aromatic heterocycles. The van der Waals surface area contributed by atoms with Gasteiger partial charge in [-0.25, -0.2) is 0 Å². The zero-order valence-corrected chi connectivity index (χ0v) is 8.51. The molecule has 2 aliphatic rings. The molecule has 0 unspecified atom stereocenters. The van der Waals surface area contributed by atoms with Crippen molar-refractivity contribution in [1.29, 1.82) is 0 Å². The van der Waals surface area contributed by atoms with Crippen molar-refractivity contribution in [3.8, 4) is 0 Å². The first-order valence-electron chi connectivity index (χ1n) is 5.09. The largest absolute Gasteiger partial charge is 0.298 e. The highest BCUT2D eigenvalue weighted by Gasteiger charge is 2.49. The number of hydrogen-bond donors (Lipinski definition) is 0. The van der Waals surface area contributed by atoms with Crippen LogP contribution in [0.5, 0.6) is 0 Å². The van der Waals surface area contributed by atoms with Crippen molar-refractivity contribution in [3.63, 3.8) is 0 Å². The lowest BCUT2D eigenvalue weighted by Gasteiger charge is -2.42. The summed E-state index contributed by atoms with van der Waals surface area (Å²) in [6.07, 6.45) is 2.85. The van der Waals surface area contributed by atoms with Gasteiger partial charge in [0.25, 0.3) is 0 Å². The molecular formula is C10H20N2. The standard InChI is InChI=1S/C10H20N2/c1-9(2)12-7-6-11(3)10(8-12)4-5-10/h9H,4-8H2,1-3H3. The van der Waals surface area contributed by atoms with E-state index in [-0.39, 0.29) is 0 Å². The monoisotopic (exact) mass is 168 g/mol. The summed E-state index contributed by atoms with van der Waals surface area (Å²) in [7, 11) is 2.28. The molecule has 0 radical (unpaired) electrons. The van der Waals surface area contributed by atoms with Crippen LogP contribution in [0.3, 0.4) is 0 Å². The minimum absolute atomic E-state index is 0.600. The molecule has 1 heterocycles. The molecule has 2 heteroatoms. The van der Waals surface area contributed by atoms with Gasteiger partial charge in [-0.15, -0.1) is 0 Å². The molecule has 12 heavy (non-hydrogen) atoms. The summed E-state index contributed by atoms with van der Waals surface area (Å²) < 4.78 is 0. The van der Waals surface area contributed by atoms with Crippen molar-refractivity contribution >= 4 is 0 Å². The third-order valence-corrected chi connectivity index (χ3v) is 3.59. The van der Waals surface area contributed by atoms with Crippen molar-refractivity contribution in [1.82, 2.24) is 9.80 Å². The molecule has 70 valence electrons. The van der Waals surface area contributed by atoms with Gasteiger partial charge in [-0.1, -0.05) is 0 Å². The lowest BCUT2D eigenvalue weighted by Crippen LogP contribution is -2.54. The molecule has 0 N–H and O–H groups in total. The van der Waals surface area contributed by atoms with Crippen LogP contribution in [0, 0.1) is 0 Å². The number of hydrogen-bond acceptors (Lipinski definition) is 2. The second-order valence-electron chi connectivity index (χ2n) is 4.71. The molecule has 0 bridgehead atoms. The Morgan fingerprint density at radius 2 is 1.83 bits per heavy atom. The molecule has 0 atom stereocenters. The van der Waals surface area contributed by atoms with Gasteiger partial charge >= 0.3 is 0 Å². The first-order chi connectivity index (χ1) is 5.64. The Morgan fingerprint density at radius 1 is 1.17 bits per heavy atom. The van der Waals surface area contributed by atoms with E-state index in [4.69, 9.17) is 0 Å². The van der Waals surface area contributed by atoms with Gasteiger partial charge in [-0.05, 0) is 33.7 Å². The molecule has 2 fully saturated rings. The van der Waals surface area contributed by atoms with E-state index >= 15 is 0 Å². The second-order valence-corrected chi connectivity index (χ2v) is 4.71. The van der Waals surface area contributed by atoms with Gasteiger partial charge in [0.05, 0.1) is 0 Å². The molecule has 0 aromatic carbocycles. The van der Waals surface area contributed by atoms with Crippen molar-refractivity contribution in [2.45, 2.75) is 38.3 Å². The molecule has 1 aliphatic carbocycles. The number of nitrogens with zero attached hydrogens (tertiary/aromatic N) is 2. The zero-order chi connectivity index (χ0) is 8.77. The van der Waals surface area contributed by atoms with E-state index in [0.717, 1.165) is 6.04 Å². The maximum atomic E-state index is 2.62. The Morgan fingerprint density at radius 3 is 2.33 bits per heavy atom. The average molecular weight is 168 g/mol. The van der Waals surface area contributed by atoms with Crippen LogP contribution >= 0.6 is 0 Å². The van der Waals surface area contributed by atoms with Crippen molar-refractivity contribution < 1.29 is 0 Å². The molecule has 0 aromatic rings. The van der Waals surface area contributed by atoms with Gasteiger partial charge in [0.15, 0.2) is 0 Å². The zero-order valence-electron chi connectivity index (χ0n) is 8.51. The highest BCUT2D eigenvalue weighted by atomic mass is 15.3. The normalized spacial score (nSPS) is 30.0. The summed E-state index contributed by atoms with van der Waals surface area (Å²) in [6.45, 7) is 8.44. The third kappa shape index (κ3) is 1.27. The average Bonchev–Trinajstić information content (AvgIpc) is 2.76. The molecule has 2 nitrogen and oxygen atoms in total. The van der Waals surface area contributed by atoms with Gasteiger partial charge in [0, 0.05) is 31.2 Å². The molecular weight excluding hydrogens is 148 g/mol. The molecule has 1 saturated carbocycles. The SMILES string of the molecule is CC(C)N1CCN(C)C2(CC2)C1. The van der Waals surface area contributed by atoms with Crippen LogP contribution in [-0.2, 0) is 0 Å². The highest BCUT2D eigenvalue weighted by molar-refractivity contribution is 5.07. The maximum Gasteiger partial charge on any atom is 0.0335 e. The number of rotatable bonds is 1. The van der Waals surface area contributed by atoms with Gasteiger partial charge < -0.3 is 0 Å². The van der Waals surface area contributed by atoms with Crippen LogP contribution in [0.1, 0.15) is 26.7 Å². The molecule has 1 aliphatic heterocycles. The summed E-state index contributed by atoms with van der Waals surface area (Å²) in [5, 5.41) is 0. The maximum absolute atomic E-state index is 2.62. The fourth-order valence-corrected chi connectivity index (χ4v) is 2.22. The van der Waals surface area contributed by atoms with E-state index in [0.29, 0.717) is 5.54 Å². The van der Waals surface area contributed by atoms with Gasteiger partial charge in [-0.2, -0.15) is 0 Å². The van der Waals surface area contributed by atoms with E-state index in [2.05, 4.69) is 30.7 Å². The predicted molar refractivity (Wildman–Crippen MR) is 51.3 cm³/mol. The Balaban J connectivity index is 1.99. The first-order valence-corrected chi connectivity index (χ1v) is 5.09. The van der Waals surface area contributed by atoms with Crippen molar-refractivity contribution in [2.75, 3.05) is 26.7 Å². The summed E-state index contributed by atoms with van der Waals surface area (Å²) in [5.41, 5.74) is 0.600. The van der Waals surface area contributed by atoms with E-state index < -0.39 is 0 Å². The summed E-state index contributed by atoms with van der Waals surface area (Å²) in [5.74, 6) is 0. The van der Waals surface area contributed by atoms with Crippen LogP contribution in [0.2, 0.25) is 0 Å². The fraction of sp³-hybridized carbons (Fsp3) is 1.00. The van der Waals surface area contributed by atoms with Gasteiger partial charge in [0.2, 0.25) is 0 Å². The first kappa shape index (κ1) is 8.52. The minimum Gasteiger partial charge on any atom is -0.298 e. The van der Waals surface area contributed by atoms with Crippen LogP contribution in [-0.4, -0.2) is 48.1 Å². The third-order valence-electron chi connectivity index (χ3n) is 3.59.